The zero-order valence-electron chi connectivity index (χ0n) is 16.3. The summed E-state index contributed by atoms with van der Waals surface area (Å²) in [6.45, 7) is -0.527. The zero-order chi connectivity index (χ0) is 24.7. The molecule has 0 aliphatic heterocycles. The molecule has 176 valence electrons. The van der Waals surface area contributed by atoms with Gasteiger partial charge in [0.05, 0.1) is 23.4 Å². The van der Waals surface area contributed by atoms with Crippen molar-refractivity contribution in [3.05, 3.63) is 68.8 Å². The number of hydrogen-bond donors (Lipinski definition) is 1. The van der Waals surface area contributed by atoms with Gasteiger partial charge in [0.1, 0.15) is 18.1 Å². The van der Waals surface area contributed by atoms with Gasteiger partial charge in [-0.15, -0.1) is 0 Å². The summed E-state index contributed by atoms with van der Waals surface area (Å²) in [7, 11) is 0. The van der Waals surface area contributed by atoms with Crippen molar-refractivity contribution in [3.63, 3.8) is 0 Å². The van der Waals surface area contributed by atoms with E-state index in [0.29, 0.717) is 4.68 Å². The minimum atomic E-state index is -5.12. The SMILES string of the molecule is Cc1c([N+](=O)[O-])c(C(F)(F)F)nn1CC(=O)Nc1cnn(Cc2c(F)cc(F)c(F)c2F)c1. The Labute approximate surface area is 178 Å². The number of aromatic nitrogens is 4. The van der Waals surface area contributed by atoms with Crippen molar-refractivity contribution in [2.45, 2.75) is 26.2 Å². The third-order valence-corrected chi connectivity index (χ3v) is 4.37. The number of nitrogens with one attached hydrogen (secondary N) is 1. The Bertz CT molecular complexity index is 1250. The predicted octanol–water partition coefficient (Wildman–Crippen LogP) is 3.56. The quantitative estimate of drug-likeness (QED) is 0.191. The van der Waals surface area contributed by atoms with E-state index in [9.17, 15) is 45.6 Å². The lowest BCUT2D eigenvalue weighted by atomic mass is 10.2. The second-order valence-corrected chi connectivity index (χ2v) is 6.62. The van der Waals surface area contributed by atoms with Gasteiger partial charge in [0, 0.05) is 17.8 Å². The van der Waals surface area contributed by atoms with Gasteiger partial charge < -0.3 is 5.32 Å². The Morgan fingerprint density at radius 2 is 1.85 bits per heavy atom. The van der Waals surface area contributed by atoms with Crippen LogP contribution in [0.1, 0.15) is 17.0 Å². The molecular formula is C17H11F7N6O3. The second kappa shape index (κ2) is 8.51. The Morgan fingerprint density at radius 3 is 2.42 bits per heavy atom. The van der Waals surface area contributed by atoms with Crippen molar-refractivity contribution in [1.29, 1.82) is 0 Å². The molecule has 0 saturated heterocycles. The third-order valence-electron chi connectivity index (χ3n) is 4.37. The molecule has 0 unspecified atom stereocenters. The van der Waals surface area contributed by atoms with Crippen LogP contribution in [0.15, 0.2) is 18.5 Å². The van der Waals surface area contributed by atoms with Crippen LogP contribution in [0.4, 0.5) is 42.1 Å². The summed E-state index contributed by atoms with van der Waals surface area (Å²) in [6, 6.07) is 0.154. The van der Waals surface area contributed by atoms with E-state index >= 15 is 0 Å². The smallest absolute Gasteiger partial charge is 0.322 e. The van der Waals surface area contributed by atoms with Crippen LogP contribution in [0.5, 0.6) is 0 Å². The van der Waals surface area contributed by atoms with Crippen LogP contribution in [-0.4, -0.2) is 30.4 Å². The van der Waals surface area contributed by atoms with Crippen LogP contribution < -0.4 is 5.32 Å². The molecule has 0 aliphatic carbocycles. The molecule has 1 aromatic carbocycles. The maximum Gasteiger partial charge on any atom is 0.442 e. The van der Waals surface area contributed by atoms with Crippen molar-refractivity contribution in [2.24, 2.45) is 0 Å². The number of benzene rings is 1. The van der Waals surface area contributed by atoms with Crippen LogP contribution in [0.25, 0.3) is 0 Å². The summed E-state index contributed by atoms with van der Waals surface area (Å²) in [5.74, 6) is -7.68. The van der Waals surface area contributed by atoms with Gasteiger partial charge in [-0.3, -0.25) is 24.3 Å². The first-order chi connectivity index (χ1) is 15.3. The Morgan fingerprint density at radius 1 is 1.18 bits per heavy atom. The monoisotopic (exact) mass is 480 g/mol. The maximum atomic E-state index is 13.8. The molecule has 16 heteroatoms. The number of nitrogens with zero attached hydrogens (tertiary/aromatic N) is 5. The summed E-state index contributed by atoms with van der Waals surface area (Å²) in [6.07, 6.45) is -3.06. The summed E-state index contributed by atoms with van der Waals surface area (Å²) in [5, 5.41) is 20.0. The average molecular weight is 480 g/mol. The van der Waals surface area contributed by atoms with E-state index in [-0.39, 0.29) is 11.8 Å². The number of anilines is 1. The molecule has 0 aliphatic rings. The van der Waals surface area contributed by atoms with E-state index in [1.807, 2.05) is 0 Å². The molecule has 0 spiro atoms. The zero-order valence-corrected chi connectivity index (χ0v) is 16.3. The Kier molecular flexibility index (Phi) is 6.11. The van der Waals surface area contributed by atoms with Crippen LogP contribution >= 0.6 is 0 Å². The number of amides is 1. The fraction of sp³-hybridized carbons (Fsp3) is 0.235. The second-order valence-electron chi connectivity index (χ2n) is 6.62. The molecule has 0 fully saturated rings. The molecule has 1 N–H and O–H groups in total. The summed E-state index contributed by atoms with van der Waals surface area (Å²) in [5.41, 5.74) is -4.48. The average Bonchev–Trinajstić information content (AvgIpc) is 3.27. The maximum absolute atomic E-state index is 13.8. The van der Waals surface area contributed by atoms with Crippen LogP contribution in [-0.2, 0) is 24.1 Å². The number of rotatable bonds is 6. The molecule has 0 radical (unpaired) electrons. The number of halogens is 7. The van der Waals surface area contributed by atoms with Gasteiger partial charge in [-0.1, -0.05) is 0 Å². The highest BCUT2D eigenvalue weighted by molar-refractivity contribution is 5.90. The number of carbonyl (C=O) groups is 1. The van der Waals surface area contributed by atoms with E-state index in [0.717, 1.165) is 24.0 Å². The number of nitro groups is 1. The van der Waals surface area contributed by atoms with E-state index in [1.54, 1.807) is 0 Å². The molecule has 3 aromatic rings. The minimum Gasteiger partial charge on any atom is -0.322 e. The first kappa shape index (κ1) is 23.7. The Balaban J connectivity index is 1.75. The molecule has 2 aromatic heterocycles. The van der Waals surface area contributed by atoms with Crippen LogP contribution in [0.3, 0.4) is 0 Å². The molecule has 3 rings (SSSR count). The molecule has 0 atom stereocenters. The molecular weight excluding hydrogens is 469 g/mol. The van der Waals surface area contributed by atoms with Gasteiger partial charge in [0.25, 0.3) is 0 Å². The summed E-state index contributed by atoms with van der Waals surface area (Å²) >= 11 is 0. The largest absolute Gasteiger partial charge is 0.442 e. The summed E-state index contributed by atoms with van der Waals surface area (Å²) < 4.78 is 94.2. The minimum absolute atomic E-state index is 0.0706. The van der Waals surface area contributed by atoms with Gasteiger partial charge in [0.15, 0.2) is 17.5 Å². The van der Waals surface area contributed by atoms with E-state index in [1.165, 1.54) is 0 Å². The highest BCUT2D eigenvalue weighted by Crippen LogP contribution is 2.36. The number of carbonyl (C=O) groups excluding carboxylic acids is 1. The van der Waals surface area contributed by atoms with Gasteiger partial charge >= 0.3 is 11.9 Å². The highest BCUT2D eigenvalue weighted by atomic mass is 19.4. The van der Waals surface area contributed by atoms with E-state index in [4.69, 9.17) is 0 Å². The predicted molar refractivity (Wildman–Crippen MR) is 94.9 cm³/mol. The van der Waals surface area contributed by atoms with Gasteiger partial charge in [0.2, 0.25) is 11.6 Å². The fourth-order valence-corrected chi connectivity index (χ4v) is 2.86. The molecule has 0 bridgehead atoms. The lowest BCUT2D eigenvalue weighted by Crippen LogP contribution is -2.20. The van der Waals surface area contributed by atoms with Crippen molar-refractivity contribution in [2.75, 3.05) is 5.32 Å². The van der Waals surface area contributed by atoms with Crippen molar-refractivity contribution in [1.82, 2.24) is 19.6 Å². The van der Waals surface area contributed by atoms with E-state index < -0.39 is 76.0 Å². The van der Waals surface area contributed by atoms with Crippen LogP contribution in [0, 0.1) is 40.3 Å². The van der Waals surface area contributed by atoms with Gasteiger partial charge in [-0.2, -0.15) is 23.4 Å². The lowest BCUT2D eigenvalue weighted by Gasteiger charge is -2.07. The van der Waals surface area contributed by atoms with Gasteiger partial charge in [-0.25, -0.2) is 17.6 Å². The number of hydrogen-bond acceptors (Lipinski definition) is 5. The van der Waals surface area contributed by atoms with Crippen molar-refractivity contribution >= 4 is 17.3 Å². The number of alkyl halides is 3. The normalized spacial score (nSPS) is 11.6. The first-order valence-electron chi connectivity index (χ1n) is 8.72. The molecule has 1 amide bonds. The first-order valence-corrected chi connectivity index (χ1v) is 8.72. The van der Waals surface area contributed by atoms with Crippen molar-refractivity contribution in [3.8, 4) is 0 Å². The molecule has 0 saturated carbocycles. The Hall–Kier alpha value is -3.98. The lowest BCUT2D eigenvalue weighted by molar-refractivity contribution is -0.388. The van der Waals surface area contributed by atoms with Gasteiger partial charge in [-0.05, 0) is 6.92 Å². The van der Waals surface area contributed by atoms with Crippen LogP contribution in [0.2, 0.25) is 0 Å². The molecule has 33 heavy (non-hydrogen) atoms. The molecule has 9 nitrogen and oxygen atoms in total. The topological polar surface area (TPSA) is 108 Å². The van der Waals surface area contributed by atoms with Crippen molar-refractivity contribution < 1.29 is 40.5 Å². The fourth-order valence-electron chi connectivity index (χ4n) is 2.86. The third kappa shape index (κ3) is 4.78. The standard InChI is InChI=1S/C17H11F7N6O3/c1-7-15(30(32)33)16(17(22,23)24)27-29(7)6-12(31)26-8-3-25-28(4-8)5-9-10(18)2-11(19)14(21)13(9)20/h2-4H,5-6H2,1H3,(H,26,31). The molecule has 2 heterocycles. The van der Waals surface area contributed by atoms with E-state index in [2.05, 4.69) is 15.5 Å². The summed E-state index contributed by atoms with van der Waals surface area (Å²) in [4.78, 5) is 21.9. The highest BCUT2D eigenvalue weighted by Gasteiger charge is 2.44.